The van der Waals surface area contributed by atoms with Crippen LogP contribution in [0.5, 0.6) is 0 Å². The Labute approximate surface area is 120 Å². The van der Waals surface area contributed by atoms with Gasteiger partial charge in [-0.3, -0.25) is 14.5 Å². The van der Waals surface area contributed by atoms with Crippen molar-refractivity contribution in [3.05, 3.63) is 0 Å². The topological polar surface area (TPSA) is 70.1 Å². The Bertz CT molecular complexity index is 338. The first kappa shape index (κ1) is 16.9. The monoisotopic (exact) mass is 286 g/mol. The second kappa shape index (κ2) is 7.59. The SMILES string of the molecule is CC[C@@H](C)N(CC(=O)O)CC(=O)N1C[C@@H](C)O[C@@H](C)C1. The van der Waals surface area contributed by atoms with Gasteiger partial charge in [0.05, 0.1) is 25.3 Å². The van der Waals surface area contributed by atoms with Crippen LogP contribution in [0.15, 0.2) is 0 Å². The Morgan fingerprint density at radius 3 is 2.30 bits per heavy atom. The average molecular weight is 286 g/mol. The van der Waals surface area contributed by atoms with Crippen LogP contribution in [0.4, 0.5) is 0 Å². The van der Waals surface area contributed by atoms with Gasteiger partial charge in [0, 0.05) is 19.1 Å². The van der Waals surface area contributed by atoms with Crippen LogP contribution in [-0.4, -0.2) is 71.2 Å². The Morgan fingerprint density at radius 2 is 1.85 bits per heavy atom. The van der Waals surface area contributed by atoms with E-state index >= 15 is 0 Å². The van der Waals surface area contributed by atoms with Crippen molar-refractivity contribution in [2.45, 2.75) is 52.4 Å². The molecule has 1 amide bonds. The van der Waals surface area contributed by atoms with E-state index in [9.17, 15) is 9.59 Å². The summed E-state index contributed by atoms with van der Waals surface area (Å²) < 4.78 is 5.60. The van der Waals surface area contributed by atoms with Gasteiger partial charge in [0.1, 0.15) is 0 Å². The van der Waals surface area contributed by atoms with Gasteiger partial charge in [-0.2, -0.15) is 0 Å². The van der Waals surface area contributed by atoms with Crippen LogP contribution in [0, 0.1) is 0 Å². The Kier molecular flexibility index (Phi) is 6.42. The molecular weight excluding hydrogens is 260 g/mol. The summed E-state index contributed by atoms with van der Waals surface area (Å²) in [5.41, 5.74) is 0. The predicted octanol–water partition coefficient (Wildman–Crippen LogP) is 0.807. The zero-order valence-corrected chi connectivity index (χ0v) is 12.8. The van der Waals surface area contributed by atoms with Crippen molar-refractivity contribution in [2.75, 3.05) is 26.2 Å². The summed E-state index contributed by atoms with van der Waals surface area (Å²) in [4.78, 5) is 26.7. The molecule has 0 bridgehead atoms. The van der Waals surface area contributed by atoms with E-state index in [2.05, 4.69) is 0 Å². The first-order valence-corrected chi connectivity index (χ1v) is 7.22. The van der Waals surface area contributed by atoms with Crippen molar-refractivity contribution in [2.24, 2.45) is 0 Å². The standard InChI is InChI=1S/C14H26N2O4/c1-5-10(2)15(9-14(18)19)8-13(17)16-6-11(3)20-12(4)7-16/h10-12H,5-9H2,1-4H3,(H,18,19)/t10-,11-,12+/m1/s1. The molecule has 1 heterocycles. The minimum atomic E-state index is -0.901. The lowest BCUT2D eigenvalue weighted by Crippen LogP contribution is -2.52. The van der Waals surface area contributed by atoms with Crippen LogP contribution in [0.25, 0.3) is 0 Å². The lowest BCUT2D eigenvalue weighted by molar-refractivity contribution is -0.146. The number of carboxylic acids is 1. The van der Waals surface area contributed by atoms with Gasteiger partial charge in [0.15, 0.2) is 0 Å². The van der Waals surface area contributed by atoms with Crippen LogP contribution in [0.1, 0.15) is 34.1 Å². The van der Waals surface area contributed by atoms with Crippen LogP contribution < -0.4 is 0 Å². The molecule has 0 aromatic rings. The second-order valence-electron chi connectivity index (χ2n) is 5.61. The first-order chi connectivity index (χ1) is 9.33. The number of ether oxygens (including phenoxy) is 1. The maximum absolute atomic E-state index is 12.3. The molecule has 0 aromatic heterocycles. The summed E-state index contributed by atoms with van der Waals surface area (Å²) in [7, 11) is 0. The molecule has 0 aliphatic carbocycles. The highest BCUT2D eigenvalue weighted by Gasteiger charge is 2.28. The van der Waals surface area contributed by atoms with E-state index in [1.165, 1.54) is 0 Å². The molecule has 0 saturated carbocycles. The fourth-order valence-corrected chi connectivity index (χ4v) is 2.45. The molecular formula is C14H26N2O4. The van der Waals surface area contributed by atoms with Gasteiger partial charge >= 0.3 is 5.97 Å². The second-order valence-corrected chi connectivity index (χ2v) is 5.61. The number of morpholine rings is 1. The number of nitrogens with zero attached hydrogens (tertiary/aromatic N) is 2. The highest BCUT2D eigenvalue weighted by molar-refractivity contribution is 5.79. The van der Waals surface area contributed by atoms with Gasteiger partial charge in [0.25, 0.3) is 0 Å². The average Bonchev–Trinajstić information content (AvgIpc) is 2.35. The summed E-state index contributed by atoms with van der Waals surface area (Å²) in [6.45, 7) is 9.02. The summed E-state index contributed by atoms with van der Waals surface area (Å²) in [6, 6.07) is 0.0749. The molecule has 20 heavy (non-hydrogen) atoms. The van der Waals surface area contributed by atoms with Gasteiger partial charge < -0.3 is 14.7 Å². The lowest BCUT2D eigenvalue weighted by atomic mass is 10.2. The first-order valence-electron chi connectivity index (χ1n) is 7.22. The number of aliphatic carboxylic acids is 1. The number of hydrogen-bond acceptors (Lipinski definition) is 4. The molecule has 1 aliphatic heterocycles. The molecule has 0 unspecified atom stereocenters. The fourth-order valence-electron chi connectivity index (χ4n) is 2.45. The van der Waals surface area contributed by atoms with Gasteiger partial charge in [-0.05, 0) is 27.2 Å². The molecule has 0 spiro atoms. The Hall–Kier alpha value is -1.14. The Balaban J connectivity index is 2.62. The van der Waals surface area contributed by atoms with Gasteiger partial charge in [-0.15, -0.1) is 0 Å². The minimum Gasteiger partial charge on any atom is -0.480 e. The largest absolute Gasteiger partial charge is 0.480 e. The third kappa shape index (κ3) is 5.09. The highest BCUT2D eigenvalue weighted by atomic mass is 16.5. The van der Waals surface area contributed by atoms with Crippen LogP contribution in [0.3, 0.4) is 0 Å². The number of carbonyl (C=O) groups excluding carboxylic acids is 1. The van der Waals surface area contributed by atoms with Crippen LogP contribution in [-0.2, 0) is 14.3 Å². The van der Waals surface area contributed by atoms with E-state index in [4.69, 9.17) is 9.84 Å². The van der Waals surface area contributed by atoms with Crippen molar-refractivity contribution in [1.82, 2.24) is 9.80 Å². The molecule has 1 fully saturated rings. The maximum atomic E-state index is 12.3. The summed E-state index contributed by atoms with van der Waals surface area (Å²) in [5, 5.41) is 8.95. The third-order valence-corrected chi connectivity index (χ3v) is 3.66. The molecule has 6 heteroatoms. The van der Waals surface area contributed by atoms with Crippen molar-refractivity contribution in [3.8, 4) is 0 Å². The van der Waals surface area contributed by atoms with Gasteiger partial charge in [-0.1, -0.05) is 6.92 Å². The third-order valence-electron chi connectivity index (χ3n) is 3.66. The summed E-state index contributed by atoms with van der Waals surface area (Å²) in [6.07, 6.45) is 0.870. The number of carbonyl (C=O) groups is 2. The molecule has 3 atom stereocenters. The number of carboxylic acid groups (broad SMARTS) is 1. The van der Waals surface area contributed by atoms with Crippen molar-refractivity contribution in [1.29, 1.82) is 0 Å². The van der Waals surface area contributed by atoms with Crippen molar-refractivity contribution < 1.29 is 19.4 Å². The minimum absolute atomic E-state index is 0.0199. The van der Waals surface area contributed by atoms with E-state index < -0.39 is 5.97 Å². The molecule has 1 N–H and O–H groups in total. The fraction of sp³-hybridized carbons (Fsp3) is 0.857. The molecule has 116 valence electrons. The summed E-state index contributed by atoms with van der Waals surface area (Å²) >= 11 is 0. The highest BCUT2D eigenvalue weighted by Crippen LogP contribution is 2.12. The number of amides is 1. The molecule has 0 aromatic carbocycles. The van der Waals surface area contributed by atoms with E-state index in [1.54, 1.807) is 9.80 Å². The van der Waals surface area contributed by atoms with E-state index in [1.807, 2.05) is 27.7 Å². The number of hydrogen-bond donors (Lipinski definition) is 1. The summed E-state index contributed by atoms with van der Waals surface area (Å²) in [5.74, 6) is -0.921. The lowest BCUT2D eigenvalue weighted by Gasteiger charge is -2.37. The van der Waals surface area contributed by atoms with E-state index in [0.29, 0.717) is 13.1 Å². The Morgan fingerprint density at radius 1 is 1.30 bits per heavy atom. The smallest absolute Gasteiger partial charge is 0.317 e. The normalized spacial score (nSPS) is 24.8. The zero-order chi connectivity index (χ0) is 15.3. The molecule has 0 radical (unpaired) electrons. The molecule has 1 rings (SSSR count). The van der Waals surface area contributed by atoms with E-state index in [-0.39, 0.29) is 37.2 Å². The van der Waals surface area contributed by atoms with E-state index in [0.717, 1.165) is 6.42 Å². The molecule has 1 saturated heterocycles. The zero-order valence-electron chi connectivity index (χ0n) is 12.8. The van der Waals surface area contributed by atoms with Gasteiger partial charge in [-0.25, -0.2) is 0 Å². The van der Waals surface area contributed by atoms with Crippen molar-refractivity contribution >= 4 is 11.9 Å². The quantitative estimate of drug-likeness (QED) is 0.782. The van der Waals surface area contributed by atoms with Crippen LogP contribution in [0.2, 0.25) is 0 Å². The maximum Gasteiger partial charge on any atom is 0.317 e. The van der Waals surface area contributed by atoms with Crippen LogP contribution >= 0.6 is 0 Å². The number of rotatable bonds is 6. The molecule has 6 nitrogen and oxygen atoms in total. The van der Waals surface area contributed by atoms with Crippen molar-refractivity contribution in [3.63, 3.8) is 0 Å². The van der Waals surface area contributed by atoms with Gasteiger partial charge in [0.2, 0.25) is 5.91 Å². The predicted molar refractivity (Wildman–Crippen MR) is 75.6 cm³/mol. The molecule has 1 aliphatic rings.